The molecule has 6 heteroatoms. The van der Waals surface area contributed by atoms with E-state index in [9.17, 15) is 0 Å². The Morgan fingerprint density at radius 1 is 1.04 bits per heavy atom. The predicted octanol–water partition coefficient (Wildman–Crippen LogP) is 3.52. The number of anilines is 1. The Balaban J connectivity index is 1.52. The van der Waals surface area contributed by atoms with Crippen LogP contribution in [0.15, 0.2) is 66.9 Å². The Kier molecular flexibility index (Phi) is 5.21. The number of rotatable bonds is 7. The minimum Gasteiger partial charge on any atom is -0.496 e. The highest BCUT2D eigenvalue weighted by Crippen LogP contribution is 2.22. The van der Waals surface area contributed by atoms with Crippen molar-refractivity contribution in [2.75, 3.05) is 19.0 Å². The van der Waals surface area contributed by atoms with Crippen LogP contribution < -0.4 is 15.8 Å². The summed E-state index contributed by atoms with van der Waals surface area (Å²) in [6, 6.07) is 20.1. The number of nitrogens with two attached hydrogens (primary N) is 1. The largest absolute Gasteiger partial charge is 0.496 e. The number of fused-ring (bicyclic) bond motifs is 1. The van der Waals surface area contributed by atoms with E-state index < -0.39 is 0 Å². The van der Waals surface area contributed by atoms with Crippen LogP contribution in [-0.2, 0) is 13.0 Å². The normalized spacial score (nSPS) is 10.9. The number of para-hydroxylation sites is 1. The summed E-state index contributed by atoms with van der Waals surface area (Å²) in [5, 5.41) is 8.11. The fraction of sp³-hybridized carbons (Fsp3) is 0.182. The zero-order chi connectivity index (χ0) is 19.3. The van der Waals surface area contributed by atoms with Crippen molar-refractivity contribution in [2.24, 2.45) is 5.73 Å². The van der Waals surface area contributed by atoms with Crippen molar-refractivity contribution < 1.29 is 4.74 Å². The molecule has 3 N–H and O–H groups in total. The number of imidazole rings is 1. The molecule has 2 aromatic heterocycles. The molecule has 2 heterocycles. The average Bonchev–Trinajstić information content (AvgIpc) is 3.17. The molecule has 2 aromatic carbocycles. The van der Waals surface area contributed by atoms with E-state index in [4.69, 9.17) is 15.6 Å². The third-order valence-corrected chi connectivity index (χ3v) is 4.74. The molecule has 0 aliphatic heterocycles. The first-order chi connectivity index (χ1) is 13.8. The van der Waals surface area contributed by atoms with Gasteiger partial charge in [-0.05, 0) is 35.7 Å². The van der Waals surface area contributed by atoms with Crippen LogP contribution in [0.1, 0.15) is 11.1 Å². The van der Waals surface area contributed by atoms with E-state index in [1.54, 1.807) is 7.11 Å². The lowest BCUT2D eigenvalue weighted by Crippen LogP contribution is -2.09. The fourth-order valence-corrected chi connectivity index (χ4v) is 3.21. The summed E-state index contributed by atoms with van der Waals surface area (Å²) in [5.74, 6) is 1.71. The summed E-state index contributed by atoms with van der Waals surface area (Å²) in [5.41, 5.74) is 10.8. The van der Waals surface area contributed by atoms with Crippen molar-refractivity contribution in [3.63, 3.8) is 0 Å². The van der Waals surface area contributed by atoms with Crippen molar-refractivity contribution in [3.05, 3.63) is 78.0 Å². The number of nitrogens with one attached hydrogen (secondary N) is 1. The third kappa shape index (κ3) is 3.68. The molecular formula is C22H23N5O. The molecule has 0 fully saturated rings. The number of hydrogen-bond donors (Lipinski definition) is 2. The van der Waals surface area contributed by atoms with Gasteiger partial charge in [-0.1, -0.05) is 42.5 Å². The SMILES string of the molecule is COc1ccccc1CCNc1ccc2ncc(-c3ccc(CN)cc3)n2n1. The van der Waals surface area contributed by atoms with Gasteiger partial charge in [0.25, 0.3) is 0 Å². The first-order valence-electron chi connectivity index (χ1n) is 9.28. The van der Waals surface area contributed by atoms with E-state index in [1.807, 2.05) is 53.2 Å². The molecule has 0 spiro atoms. The second-order valence-electron chi connectivity index (χ2n) is 6.52. The lowest BCUT2D eigenvalue weighted by atomic mass is 10.1. The molecule has 142 valence electrons. The number of aromatic nitrogens is 3. The Morgan fingerprint density at radius 3 is 2.64 bits per heavy atom. The van der Waals surface area contributed by atoms with Gasteiger partial charge in [-0.25, -0.2) is 9.50 Å². The van der Waals surface area contributed by atoms with Crippen molar-refractivity contribution >= 4 is 11.5 Å². The second-order valence-corrected chi connectivity index (χ2v) is 6.52. The third-order valence-electron chi connectivity index (χ3n) is 4.74. The Hall–Kier alpha value is -3.38. The van der Waals surface area contributed by atoms with E-state index >= 15 is 0 Å². The topological polar surface area (TPSA) is 77.5 Å². The van der Waals surface area contributed by atoms with Crippen LogP contribution in [0.25, 0.3) is 16.9 Å². The highest BCUT2D eigenvalue weighted by molar-refractivity contribution is 5.64. The maximum absolute atomic E-state index is 5.69. The highest BCUT2D eigenvalue weighted by atomic mass is 16.5. The quantitative estimate of drug-likeness (QED) is 0.518. The molecular weight excluding hydrogens is 350 g/mol. The van der Waals surface area contributed by atoms with Crippen molar-refractivity contribution in [1.29, 1.82) is 0 Å². The molecule has 0 radical (unpaired) electrons. The summed E-state index contributed by atoms with van der Waals surface area (Å²) in [6.45, 7) is 1.29. The van der Waals surface area contributed by atoms with Gasteiger partial charge in [0.1, 0.15) is 11.6 Å². The molecule has 0 saturated carbocycles. The highest BCUT2D eigenvalue weighted by Gasteiger charge is 2.08. The van der Waals surface area contributed by atoms with Gasteiger partial charge in [0.05, 0.1) is 19.0 Å². The van der Waals surface area contributed by atoms with E-state index in [0.29, 0.717) is 6.54 Å². The summed E-state index contributed by atoms with van der Waals surface area (Å²) in [6.07, 6.45) is 2.69. The maximum atomic E-state index is 5.69. The Bertz CT molecular complexity index is 1070. The molecule has 0 aliphatic carbocycles. The minimum atomic E-state index is 0.534. The van der Waals surface area contributed by atoms with Crippen LogP contribution in [0.3, 0.4) is 0 Å². The molecule has 0 unspecified atom stereocenters. The Labute approximate surface area is 164 Å². The molecule has 4 aromatic rings. The molecule has 0 atom stereocenters. The van der Waals surface area contributed by atoms with Crippen LogP contribution in [0.2, 0.25) is 0 Å². The van der Waals surface area contributed by atoms with Crippen LogP contribution in [0.5, 0.6) is 5.75 Å². The molecule has 0 aliphatic rings. The number of benzene rings is 2. The number of hydrogen-bond acceptors (Lipinski definition) is 5. The van der Waals surface area contributed by atoms with Gasteiger partial charge >= 0.3 is 0 Å². The van der Waals surface area contributed by atoms with Gasteiger partial charge in [-0.2, -0.15) is 0 Å². The van der Waals surface area contributed by atoms with E-state index in [0.717, 1.165) is 47.0 Å². The van der Waals surface area contributed by atoms with Crippen LogP contribution >= 0.6 is 0 Å². The first kappa shape index (κ1) is 18.0. The van der Waals surface area contributed by atoms with Gasteiger partial charge in [0, 0.05) is 18.7 Å². The summed E-state index contributed by atoms with van der Waals surface area (Å²) < 4.78 is 7.28. The Morgan fingerprint density at radius 2 is 1.86 bits per heavy atom. The zero-order valence-corrected chi connectivity index (χ0v) is 15.8. The van der Waals surface area contributed by atoms with Crippen LogP contribution in [-0.4, -0.2) is 28.3 Å². The molecule has 6 nitrogen and oxygen atoms in total. The van der Waals surface area contributed by atoms with E-state index in [1.165, 1.54) is 5.56 Å². The smallest absolute Gasteiger partial charge is 0.154 e. The van der Waals surface area contributed by atoms with Gasteiger partial charge in [0.2, 0.25) is 0 Å². The van der Waals surface area contributed by atoms with Crippen LogP contribution in [0, 0.1) is 0 Å². The van der Waals surface area contributed by atoms with Crippen molar-refractivity contribution in [3.8, 4) is 17.0 Å². The summed E-state index contributed by atoms with van der Waals surface area (Å²) >= 11 is 0. The monoisotopic (exact) mass is 373 g/mol. The fourth-order valence-electron chi connectivity index (χ4n) is 3.21. The lowest BCUT2D eigenvalue weighted by molar-refractivity contribution is 0.410. The minimum absolute atomic E-state index is 0.534. The van der Waals surface area contributed by atoms with E-state index in [2.05, 4.69) is 28.5 Å². The number of methoxy groups -OCH3 is 1. The van der Waals surface area contributed by atoms with Gasteiger partial charge in [-0.3, -0.25) is 0 Å². The molecule has 0 saturated heterocycles. The molecule has 4 rings (SSSR count). The summed E-state index contributed by atoms with van der Waals surface area (Å²) in [4.78, 5) is 4.46. The molecule has 0 amide bonds. The van der Waals surface area contributed by atoms with Crippen LogP contribution in [0.4, 0.5) is 5.82 Å². The standard InChI is InChI=1S/C22H23N5O/c1-28-20-5-3-2-4-18(20)12-13-24-21-10-11-22-25-15-19(27(22)26-21)17-8-6-16(14-23)7-9-17/h2-11,15H,12-14,23H2,1H3,(H,24,26). The maximum Gasteiger partial charge on any atom is 0.154 e. The van der Waals surface area contributed by atoms with Crippen molar-refractivity contribution in [2.45, 2.75) is 13.0 Å². The average molecular weight is 373 g/mol. The van der Waals surface area contributed by atoms with Gasteiger partial charge in [-0.15, -0.1) is 5.10 Å². The van der Waals surface area contributed by atoms with E-state index in [-0.39, 0.29) is 0 Å². The molecule has 28 heavy (non-hydrogen) atoms. The molecule has 0 bridgehead atoms. The number of ether oxygens (including phenoxy) is 1. The number of nitrogens with zero attached hydrogens (tertiary/aromatic N) is 3. The van der Waals surface area contributed by atoms with Gasteiger partial charge in [0.15, 0.2) is 5.65 Å². The van der Waals surface area contributed by atoms with Gasteiger partial charge < -0.3 is 15.8 Å². The lowest BCUT2D eigenvalue weighted by Gasteiger charge is -2.10. The predicted molar refractivity (Wildman–Crippen MR) is 112 cm³/mol. The second kappa shape index (κ2) is 8.10. The van der Waals surface area contributed by atoms with Crippen molar-refractivity contribution in [1.82, 2.24) is 14.6 Å². The zero-order valence-electron chi connectivity index (χ0n) is 15.8. The summed E-state index contributed by atoms with van der Waals surface area (Å²) in [7, 11) is 1.70. The first-order valence-corrected chi connectivity index (χ1v) is 9.28.